The Labute approximate surface area is 116 Å². The number of nitrogens with one attached hydrogen (secondary N) is 1. The fourth-order valence-corrected chi connectivity index (χ4v) is 2.91. The minimum atomic E-state index is -0.525. The van der Waals surface area contributed by atoms with Crippen LogP contribution in [-0.4, -0.2) is 19.6 Å². The largest absolute Gasteiger partial charge is 0.468 e. The van der Waals surface area contributed by atoms with Gasteiger partial charge in [0.2, 0.25) is 0 Å². The van der Waals surface area contributed by atoms with Gasteiger partial charge in [-0.2, -0.15) is 0 Å². The van der Waals surface area contributed by atoms with Gasteiger partial charge in [0.1, 0.15) is 6.04 Å². The average Bonchev–Trinajstić information content (AvgIpc) is 2.29. The fourth-order valence-electron chi connectivity index (χ4n) is 2.31. The van der Waals surface area contributed by atoms with Gasteiger partial charge in [-0.05, 0) is 17.7 Å². The highest BCUT2D eigenvalue weighted by Crippen LogP contribution is 2.40. The second-order valence-electron chi connectivity index (χ2n) is 5.07. The number of hydrogen-bond acceptors (Lipinski definition) is 3. The molecule has 0 amide bonds. The number of carbonyl (C=O) groups is 1. The number of fused-ring (bicyclic) bond motifs is 1. The molecule has 1 aromatic rings. The summed E-state index contributed by atoms with van der Waals surface area (Å²) in [5, 5.41) is 4.25. The molecule has 0 radical (unpaired) electrons. The van der Waals surface area contributed by atoms with E-state index in [0.29, 0.717) is 16.6 Å². The summed E-state index contributed by atoms with van der Waals surface area (Å²) in [6, 6.07) is 3.00. The highest BCUT2D eigenvalue weighted by molar-refractivity contribution is 6.35. The summed E-state index contributed by atoms with van der Waals surface area (Å²) in [5.41, 5.74) is 1.63. The topological polar surface area (TPSA) is 38.3 Å². The molecule has 1 N–H and O–H groups in total. The minimum Gasteiger partial charge on any atom is -0.468 e. The maximum atomic E-state index is 11.8. The van der Waals surface area contributed by atoms with Crippen molar-refractivity contribution in [2.75, 3.05) is 13.7 Å². The number of carbonyl (C=O) groups excluding carboxylic acids is 1. The molecule has 0 aromatic heterocycles. The van der Waals surface area contributed by atoms with E-state index in [1.165, 1.54) is 7.11 Å². The lowest BCUT2D eigenvalue weighted by molar-refractivity contribution is -0.143. The van der Waals surface area contributed by atoms with Gasteiger partial charge in [0.05, 0.1) is 7.11 Å². The molecule has 0 fully saturated rings. The Morgan fingerprint density at radius 2 is 2.11 bits per heavy atom. The van der Waals surface area contributed by atoms with E-state index in [0.717, 1.165) is 11.1 Å². The fraction of sp³-hybridized carbons (Fsp3) is 0.462. The Balaban J connectivity index is 2.62. The second-order valence-corrected chi connectivity index (χ2v) is 5.91. The average molecular weight is 288 g/mol. The van der Waals surface area contributed by atoms with E-state index < -0.39 is 6.04 Å². The summed E-state index contributed by atoms with van der Waals surface area (Å²) in [5.74, 6) is -0.337. The zero-order valence-electron chi connectivity index (χ0n) is 10.5. The van der Waals surface area contributed by atoms with Crippen LogP contribution in [0.1, 0.15) is 31.0 Å². The number of halogens is 2. The Morgan fingerprint density at radius 1 is 1.44 bits per heavy atom. The van der Waals surface area contributed by atoms with Crippen LogP contribution in [0.4, 0.5) is 0 Å². The van der Waals surface area contributed by atoms with Crippen molar-refractivity contribution in [1.29, 1.82) is 0 Å². The van der Waals surface area contributed by atoms with E-state index in [9.17, 15) is 4.79 Å². The monoisotopic (exact) mass is 287 g/mol. The third kappa shape index (κ3) is 2.22. The van der Waals surface area contributed by atoms with Gasteiger partial charge in [0.15, 0.2) is 0 Å². The quantitative estimate of drug-likeness (QED) is 0.807. The first-order valence-corrected chi connectivity index (χ1v) is 6.43. The SMILES string of the molecule is COC(=O)C1NCC(C)(C)c2cc(Cl)cc(Cl)c21. The maximum Gasteiger partial charge on any atom is 0.327 e. The van der Waals surface area contributed by atoms with Crippen LogP contribution < -0.4 is 5.32 Å². The maximum absolute atomic E-state index is 11.8. The van der Waals surface area contributed by atoms with Crippen molar-refractivity contribution in [2.45, 2.75) is 25.3 Å². The standard InChI is InChI=1S/C13H15Cl2NO2/c1-13(2)6-16-11(12(17)18-3)10-8(13)4-7(14)5-9(10)15/h4-5,11,16H,6H2,1-3H3. The van der Waals surface area contributed by atoms with Crippen molar-refractivity contribution in [2.24, 2.45) is 0 Å². The van der Waals surface area contributed by atoms with Crippen molar-refractivity contribution < 1.29 is 9.53 Å². The number of esters is 1. The van der Waals surface area contributed by atoms with Gasteiger partial charge in [0, 0.05) is 27.6 Å². The zero-order valence-corrected chi connectivity index (χ0v) is 12.0. The van der Waals surface area contributed by atoms with Gasteiger partial charge in [-0.15, -0.1) is 0 Å². The van der Waals surface area contributed by atoms with E-state index >= 15 is 0 Å². The molecule has 5 heteroatoms. The molecule has 1 atom stereocenters. The van der Waals surface area contributed by atoms with E-state index in [4.69, 9.17) is 27.9 Å². The van der Waals surface area contributed by atoms with Crippen LogP contribution in [0.25, 0.3) is 0 Å². The molecule has 3 nitrogen and oxygen atoms in total. The summed E-state index contributed by atoms with van der Waals surface area (Å²) in [6.07, 6.45) is 0. The normalized spacial score (nSPS) is 21.3. The molecule has 0 spiro atoms. The molecule has 1 aliphatic heterocycles. The molecule has 1 heterocycles. The number of hydrogen-bond donors (Lipinski definition) is 1. The van der Waals surface area contributed by atoms with Crippen molar-refractivity contribution >= 4 is 29.2 Å². The summed E-state index contributed by atoms with van der Waals surface area (Å²) < 4.78 is 4.81. The Kier molecular flexibility index (Phi) is 3.58. The van der Waals surface area contributed by atoms with Crippen molar-refractivity contribution in [3.63, 3.8) is 0 Å². The van der Waals surface area contributed by atoms with E-state index in [1.54, 1.807) is 6.07 Å². The van der Waals surface area contributed by atoms with Crippen LogP contribution in [0.5, 0.6) is 0 Å². The molecule has 2 rings (SSSR count). The molecule has 1 unspecified atom stereocenters. The van der Waals surface area contributed by atoms with E-state index in [1.807, 2.05) is 6.07 Å². The second kappa shape index (κ2) is 4.72. The molecule has 98 valence electrons. The lowest BCUT2D eigenvalue weighted by Gasteiger charge is -2.37. The predicted molar refractivity (Wildman–Crippen MR) is 72.2 cm³/mol. The Morgan fingerprint density at radius 3 is 2.72 bits per heavy atom. The number of ether oxygens (including phenoxy) is 1. The van der Waals surface area contributed by atoms with Gasteiger partial charge in [-0.25, -0.2) is 4.79 Å². The molecule has 0 saturated carbocycles. The van der Waals surface area contributed by atoms with Gasteiger partial charge >= 0.3 is 5.97 Å². The highest BCUT2D eigenvalue weighted by atomic mass is 35.5. The lowest BCUT2D eigenvalue weighted by atomic mass is 9.76. The summed E-state index contributed by atoms with van der Waals surface area (Å²) >= 11 is 12.3. The predicted octanol–water partition coefficient (Wildman–Crippen LogP) is 3.09. The van der Waals surface area contributed by atoms with Crippen LogP contribution in [0.2, 0.25) is 10.0 Å². The molecule has 0 bridgehead atoms. The first kappa shape index (κ1) is 13.7. The number of benzene rings is 1. The lowest BCUT2D eigenvalue weighted by Crippen LogP contribution is -2.45. The molecular weight excluding hydrogens is 273 g/mol. The van der Waals surface area contributed by atoms with Crippen molar-refractivity contribution in [1.82, 2.24) is 5.32 Å². The van der Waals surface area contributed by atoms with Crippen LogP contribution >= 0.6 is 23.2 Å². The van der Waals surface area contributed by atoms with Gasteiger partial charge in [0.25, 0.3) is 0 Å². The molecule has 1 aliphatic rings. The third-order valence-electron chi connectivity index (χ3n) is 3.30. The van der Waals surface area contributed by atoms with E-state index in [-0.39, 0.29) is 11.4 Å². The van der Waals surface area contributed by atoms with Gasteiger partial charge < -0.3 is 4.74 Å². The smallest absolute Gasteiger partial charge is 0.327 e. The Hall–Kier alpha value is -0.770. The van der Waals surface area contributed by atoms with Crippen molar-refractivity contribution in [3.8, 4) is 0 Å². The van der Waals surface area contributed by atoms with Gasteiger partial charge in [-0.3, -0.25) is 5.32 Å². The number of methoxy groups -OCH3 is 1. The van der Waals surface area contributed by atoms with E-state index in [2.05, 4.69) is 19.2 Å². The molecular formula is C13H15Cl2NO2. The van der Waals surface area contributed by atoms with Crippen molar-refractivity contribution in [3.05, 3.63) is 33.3 Å². The Bertz CT molecular complexity index is 500. The molecule has 0 aliphatic carbocycles. The summed E-state index contributed by atoms with van der Waals surface area (Å²) in [6.45, 7) is 4.83. The highest BCUT2D eigenvalue weighted by Gasteiger charge is 2.37. The van der Waals surface area contributed by atoms with Crippen LogP contribution in [0.15, 0.2) is 12.1 Å². The van der Waals surface area contributed by atoms with Crippen LogP contribution in [0.3, 0.4) is 0 Å². The molecule has 18 heavy (non-hydrogen) atoms. The summed E-state index contributed by atoms with van der Waals surface area (Å²) in [7, 11) is 1.37. The minimum absolute atomic E-state index is 0.131. The zero-order chi connectivity index (χ0) is 13.5. The molecule has 1 aromatic carbocycles. The van der Waals surface area contributed by atoms with Gasteiger partial charge in [-0.1, -0.05) is 37.0 Å². The first-order valence-electron chi connectivity index (χ1n) is 5.67. The first-order chi connectivity index (χ1) is 8.36. The van der Waals surface area contributed by atoms with Crippen LogP contribution in [0, 0.1) is 0 Å². The third-order valence-corrected chi connectivity index (χ3v) is 3.83. The number of rotatable bonds is 1. The van der Waals surface area contributed by atoms with Crippen LogP contribution in [-0.2, 0) is 14.9 Å². The summed E-state index contributed by atoms with van der Waals surface area (Å²) in [4.78, 5) is 11.8. The molecule has 0 saturated heterocycles.